The van der Waals surface area contributed by atoms with Crippen LogP contribution < -0.4 is 0 Å². The van der Waals surface area contributed by atoms with Gasteiger partial charge in [-0.2, -0.15) is 0 Å². The summed E-state index contributed by atoms with van der Waals surface area (Å²) in [5.74, 6) is 0. The fourth-order valence-corrected chi connectivity index (χ4v) is 3.61. The van der Waals surface area contributed by atoms with Crippen molar-refractivity contribution in [1.29, 1.82) is 0 Å². The average molecular weight is 310 g/mol. The minimum Gasteiger partial charge on any atom is -0.341 e. The predicted molar refractivity (Wildman–Crippen MR) is 95.7 cm³/mol. The number of rotatable bonds is 4. The van der Waals surface area contributed by atoms with Crippen molar-refractivity contribution in [1.82, 2.24) is 9.80 Å². The Labute approximate surface area is 138 Å². The van der Waals surface area contributed by atoms with Gasteiger partial charge >= 0.3 is 0 Å². The number of thiocarbonyl (C=S) groups is 1. The maximum atomic E-state index is 5.77. The molecule has 2 nitrogen and oxygen atoms in total. The average Bonchev–Trinajstić information content (AvgIpc) is 2.96. The third-order valence-corrected chi connectivity index (χ3v) is 5.04. The standard InChI is InChI=1S/C19H22N2S/c1-15(17-9-5-3-6-10-17)20-13-14-21(19(20)22)16(2)18-11-7-4-8-12-18/h3-12,15-16H,13-14H2,1-2H3/t15-,16-/m0/s1. The molecule has 0 bridgehead atoms. The van der Waals surface area contributed by atoms with Crippen molar-refractivity contribution in [2.24, 2.45) is 0 Å². The molecule has 0 spiro atoms. The molecule has 0 amide bonds. The van der Waals surface area contributed by atoms with Crippen LogP contribution in [0.2, 0.25) is 0 Å². The van der Waals surface area contributed by atoms with Gasteiger partial charge in [0.25, 0.3) is 0 Å². The quantitative estimate of drug-likeness (QED) is 0.772. The third kappa shape index (κ3) is 2.86. The van der Waals surface area contributed by atoms with Crippen molar-refractivity contribution >= 4 is 17.3 Å². The molecule has 1 fully saturated rings. The minimum absolute atomic E-state index is 0.321. The molecule has 0 aromatic heterocycles. The molecule has 2 atom stereocenters. The Morgan fingerprint density at radius 1 is 0.727 bits per heavy atom. The highest BCUT2D eigenvalue weighted by Gasteiger charge is 2.32. The van der Waals surface area contributed by atoms with E-state index in [0.717, 1.165) is 18.2 Å². The van der Waals surface area contributed by atoms with Gasteiger partial charge in [0, 0.05) is 13.1 Å². The molecule has 1 aliphatic rings. The van der Waals surface area contributed by atoms with E-state index in [9.17, 15) is 0 Å². The van der Waals surface area contributed by atoms with Gasteiger partial charge in [-0.3, -0.25) is 0 Å². The van der Waals surface area contributed by atoms with Gasteiger partial charge in [0.2, 0.25) is 0 Å². The highest BCUT2D eigenvalue weighted by atomic mass is 32.1. The molecule has 0 unspecified atom stereocenters. The van der Waals surface area contributed by atoms with Crippen LogP contribution in [0.15, 0.2) is 60.7 Å². The van der Waals surface area contributed by atoms with Crippen molar-refractivity contribution in [3.8, 4) is 0 Å². The number of benzene rings is 2. The Hall–Kier alpha value is -1.87. The van der Waals surface area contributed by atoms with Crippen molar-refractivity contribution in [2.75, 3.05) is 13.1 Å². The second-order valence-electron chi connectivity index (χ2n) is 5.84. The molecular weight excluding hydrogens is 288 g/mol. The molecule has 1 saturated heterocycles. The lowest BCUT2D eigenvalue weighted by atomic mass is 10.1. The fourth-order valence-electron chi connectivity index (χ4n) is 3.11. The Kier molecular flexibility index (Phi) is 4.44. The summed E-state index contributed by atoms with van der Waals surface area (Å²) >= 11 is 5.77. The van der Waals surface area contributed by atoms with Gasteiger partial charge in [0.15, 0.2) is 5.11 Å². The first-order valence-electron chi connectivity index (χ1n) is 7.85. The van der Waals surface area contributed by atoms with E-state index in [0.29, 0.717) is 12.1 Å². The zero-order valence-corrected chi connectivity index (χ0v) is 14.0. The molecule has 1 heterocycles. The first-order valence-corrected chi connectivity index (χ1v) is 8.26. The highest BCUT2D eigenvalue weighted by Crippen LogP contribution is 2.30. The predicted octanol–water partition coefficient (Wildman–Crippen LogP) is 4.41. The van der Waals surface area contributed by atoms with Gasteiger partial charge in [-0.05, 0) is 37.2 Å². The summed E-state index contributed by atoms with van der Waals surface area (Å²) in [6.45, 7) is 6.45. The number of hydrogen-bond acceptors (Lipinski definition) is 1. The molecule has 3 heteroatoms. The van der Waals surface area contributed by atoms with E-state index in [-0.39, 0.29) is 0 Å². The van der Waals surface area contributed by atoms with E-state index < -0.39 is 0 Å². The summed E-state index contributed by atoms with van der Waals surface area (Å²) in [5, 5.41) is 0.965. The van der Waals surface area contributed by atoms with Crippen LogP contribution in [-0.4, -0.2) is 28.0 Å². The fraction of sp³-hybridized carbons (Fsp3) is 0.316. The lowest BCUT2D eigenvalue weighted by Crippen LogP contribution is -2.34. The summed E-state index contributed by atoms with van der Waals surface area (Å²) in [7, 11) is 0. The van der Waals surface area contributed by atoms with Gasteiger partial charge in [-0.25, -0.2) is 0 Å². The van der Waals surface area contributed by atoms with Crippen molar-refractivity contribution in [2.45, 2.75) is 25.9 Å². The highest BCUT2D eigenvalue weighted by molar-refractivity contribution is 7.80. The molecule has 2 aromatic carbocycles. The smallest absolute Gasteiger partial charge is 0.172 e. The topological polar surface area (TPSA) is 6.48 Å². The Morgan fingerprint density at radius 3 is 1.45 bits per heavy atom. The first-order chi connectivity index (χ1) is 10.7. The van der Waals surface area contributed by atoms with Crippen LogP contribution in [0.4, 0.5) is 0 Å². The van der Waals surface area contributed by atoms with E-state index in [1.54, 1.807) is 0 Å². The molecule has 0 radical (unpaired) electrons. The molecule has 22 heavy (non-hydrogen) atoms. The van der Waals surface area contributed by atoms with E-state index in [1.165, 1.54) is 11.1 Å². The summed E-state index contributed by atoms with van der Waals surface area (Å²) in [6, 6.07) is 21.8. The van der Waals surface area contributed by atoms with Crippen molar-refractivity contribution < 1.29 is 0 Å². The lowest BCUT2D eigenvalue weighted by molar-refractivity contribution is 0.373. The van der Waals surface area contributed by atoms with Crippen LogP contribution in [0.3, 0.4) is 0 Å². The Morgan fingerprint density at radius 2 is 1.09 bits per heavy atom. The van der Waals surface area contributed by atoms with Crippen LogP contribution in [0, 0.1) is 0 Å². The van der Waals surface area contributed by atoms with Crippen molar-refractivity contribution in [3.05, 3.63) is 71.8 Å². The lowest BCUT2D eigenvalue weighted by Gasteiger charge is -2.31. The van der Waals surface area contributed by atoms with Crippen LogP contribution in [-0.2, 0) is 0 Å². The third-order valence-electron chi connectivity index (χ3n) is 4.57. The summed E-state index contributed by atoms with van der Waals surface area (Å²) in [5.41, 5.74) is 2.64. The number of nitrogens with zero attached hydrogens (tertiary/aromatic N) is 2. The number of hydrogen-bond donors (Lipinski definition) is 0. The van der Waals surface area contributed by atoms with E-state index in [1.807, 2.05) is 0 Å². The molecular formula is C19H22N2S. The Balaban J connectivity index is 1.75. The Bertz CT molecular complexity index is 571. The molecule has 0 saturated carbocycles. The molecule has 3 rings (SSSR count). The summed E-state index contributed by atoms with van der Waals surface area (Å²) in [6.07, 6.45) is 0. The first kappa shape index (κ1) is 15.0. The van der Waals surface area contributed by atoms with E-state index in [2.05, 4.69) is 84.3 Å². The van der Waals surface area contributed by atoms with Crippen LogP contribution in [0.1, 0.15) is 37.1 Å². The molecule has 0 N–H and O–H groups in total. The largest absolute Gasteiger partial charge is 0.341 e. The second kappa shape index (κ2) is 6.49. The van der Waals surface area contributed by atoms with Crippen LogP contribution >= 0.6 is 12.2 Å². The SMILES string of the molecule is C[C@@H](c1ccccc1)N1CCN([C@@H](C)c2ccccc2)C1=S. The molecule has 2 aromatic rings. The van der Waals surface area contributed by atoms with Crippen LogP contribution in [0.25, 0.3) is 0 Å². The molecule has 1 aliphatic heterocycles. The summed E-state index contributed by atoms with van der Waals surface area (Å²) < 4.78 is 0. The normalized spacial score (nSPS) is 17.6. The zero-order chi connectivity index (χ0) is 15.5. The van der Waals surface area contributed by atoms with Gasteiger partial charge in [-0.1, -0.05) is 60.7 Å². The summed E-state index contributed by atoms with van der Waals surface area (Å²) in [4.78, 5) is 4.67. The second-order valence-corrected chi connectivity index (χ2v) is 6.21. The van der Waals surface area contributed by atoms with E-state index >= 15 is 0 Å². The van der Waals surface area contributed by atoms with Gasteiger partial charge in [-0.15, -0.1) is 0 Å². The maximum Gasteiger partial charge on any atom is 0.172 e. The monoisotopic (exact) mass is 310 g/mol. The maximum absolute atomic E-state index is 5.77. The van der Waals surface area contributed by atoms with Gasteiger partial charge < -0.3 is 9.80 Å². The van der Waals surface area contributed by atoms with E-state index in [4.69, 9.17) is 12.2 Å². The van der Waals surface area contributed by atoms with Crippen molar-refractivity contribution in [3.63, 3.8) is 0 Å². The minimum atomic E-state index is 0.321. The van der Waals surface area contributed by atoms with Gasteiger partial charge in [0.05, 0.1) is 12.1 Å². The van der Waals surface area contributed by atoms with Crippen LogP contribution in [0.5, 0.6) is 0 Å². The molecule has 114 valence electrons. The molecule has 0 aliphatic carbocycles. The van der Waals surface area contributed by atoms with Gasteiger partial charge in [0.1, 0.15) is 0 Å². The zero-order valence-electron chi connectivity index (χ0n) is 13.1.